The molecule has 1 amide bonds. The highest BCUT2D eigenvalue weighted by molar-refractivity contribution is 5.93. The van der Waals surface area contributed by atoms with Crippen LogP contribution in [0, 0.1) is 5.92 Å². The first-order valence-corrected chi connectivity index (χ1v) is 7.40. The maximum absolute atomic E-state index is 12.2. The van der Waals surface area contributed by atoms with Crippen molar-refractivity contribution < 1.29 is 4.79 Å². The van der Waals surface area contributed by atoms with Crippen LogP contribution in [0.25, 0.3) is 0 Å². The van der Waals surface area contributed by atoms with Crippen LogP contribution in [0.15, 0.2) is 0 Å². The maximum atomic E-state index is 12.2. The van der Waals surface area contributed by atoms with E-state index in [4.69, 9.17) is 0 Å². The molecule has 0 saturated carbocycles. The van der Waals surface area contributed by atoms with Crippen molar-refractivity contribution in [3.8, 4) is 0 Å². The van der Waals surface area contributed by atoms with Crippen molar-refractivity contribution in [1.82, 2.24) is 20.5 Å². The summed E-state index contributed by atoms with van der Waals surface area (Å²) in [5, 5.41) is 14.1. The summed E-state index contributed by atoms with van der Waals surface area (Å²) in [5.41, 5.74) is 1.80. The lowest BCUT2D eigenvalue weighted by Crippen LogP contribution is -2.45. The second kappa shape index (κ2) is 6.74. The lowest BCUT2D eigenvalue weighted by molar-refractivity contribution is -0.119. The van der Waals surface area contributed by atoms with E-state index in [1.165, 1.54) is 0 Å². The Hall–Kier alpha value is -1.56. The first-order chi connectivity index (χ1) is 9.63. The highest BCUT2D eigenvalue weighted by Gasteiger charge is 2.25. The minimum absolute atomic E-state index is 0.0651. The number of piperidine rings is 1. The second-order valence-electron chi connectivity index (χ2n) is 5.36. The average Bonchev–Trinajstić information content (AvgIpc) is 2.47. The second-order valence-corrected chi connectivity index (χ2v) is 5.36. The van der Waals surface area contributed by atoms with Crippen LogP contribution >= 0.6 is 0 Å². The minimum atomic E-state index is -0.154. The molecule has 0 aliphatic carbocycles. The molecule has 0 radical (unpaired) electrons. The van der Waals surface area contributed by atoms with E-state index in [9.17, 15) is 4.79 Å². The van der Waals surface area contributed by atoms with Crippen molar-refractivity contribution in [2.24, 2.45) is 5.92 Å². The van der Waals surface area contributed by atoms with Crippen molar-refractivity contribution >= 4 is 11.9 Å². The molecule has 0 aromatic carbocycles. The van der Waals surface area contributed by atoms with Gasteiger partial charge in [-0.3, -0.25) is 10.1 Å². The topological polar surface area (TPSA) is 79.8 Å². The normalized spacial score (nSPS) is 22.6. The molecule has 1 saturated heterocycles. The fourth-order valence-electron chi connectivity index (χ4n) is 2.50. The van der Waals surface area contributed by atoms with E-state index in [2.05, 4.69) is 32.7 Å². The van der Waals surface area contributed by atoms with Gasteiger partial charge in [-0.25, -0.2) is 4.98 Å². The first-order valence-electron chi connectivity index (χ1n) is 7.40. The fraction of sp³-hybridized carbons (Fsp3) is 0.714. The van der Waals surface area contributed by atoms with Gasteiger partial charge in [-0.05, 0) is 38.1 Å². The monoisotopic (exact) mass is 277 g/mol. The van der Waals surface area contributed by atoms with Crippen molar-refractivity contribution in [3.63, 3.8) is 0 Å². The highest BCUT2D eigenvalue weighted by Crippen LogP contribution is 2.16. The number of anilines is 1. The van der Waals surface area contributed by atoms with Crippen LogP contribution in [-0.2, 0) is 17.6 Å². The third kappa shape index (κ3) is 3.50. The Bertz CT molecular complexity index is 477. The highest BCUT2D eigenvalue weighted by atomic mass is 16.2. The van der Waals surface area contributed by atoms with Crippen LogP contribution in [0.2, 0.25) is 0 Å². The quantitative estimate of drug-likeness (QED) is 0.867. The molecular formula is C14H23N5O. The predicted octanol–water partition coefficient (Wildman–Crippen LogP) is 1.32. The number of aromatic nitrogens is 3. The molecule has 0 bridgehead atoms. The van der Waals surface area contributed by atoms with Gasteiger partial charge in [0.25, 0.3) is 0 Å². The number of amides is 1. The van der Waals surface area contributed by atoms with Gasteiger partial charge in [-0.2, -0.15) is 0 Å². The molecule has 20 heavy (non-hydrogen) atoms. The summed E-state index contributed by atoms with van der Waals surface area (Å²) in [6.45, 7) is 7.10. The summed E-state index contributed by atoms with van der Waals surface area (Å²) in [4.78, 5) is 16.6. The van der Waals surface area contributed by atoms with E-state index >= 15 is 0 Å². The summed E-state index contributed by atoms with van der Waals surface area (Å²) in [7, 11) is 0. The Morgan fingerprint density at radius 1 is 1.30 bits per heavy atom. The number of carbonyl (C=O) groups is 1. The van der Waals surface area contributed by atoms with Crippen LogP contribution in [0.4, 0.5) is 5.95 Å². The van der Waals surface area contributed by atoms with Crippen molar-refractivity contribution in [1.29, 1.82) is 0 Å². The Balaban J connectivity index is 2.03. The molecule has 1 fully saturated rings. The molecule has 2 unspecified atom stereocenters. The van der Waals surface area contributed by atoms with E-state index in [1.807, 2.05) is 13.8 Å². The number of nitrogens with zero attached hydrogens (tertiary/aromatic N) is 3. The van der Waals surface area contributed by atoms with E-state index in [1.54, 1.807) is 0 Å². The SMILES string of the molecule is CCc1nnc(NC(=O)C2CC(C)CCN2)nc1CC. The minimum Gasteiger partial charge on any atom is -0.306 e. The third-order valence-corrected chi connectivity index (χ3v) is 3.73. The Kier molecular flexibility index (Phi) is 5.00. The number of aryl methyl sites for hydroxylation is 2. The maximum Gasteiger partial charge on any atom is 0.249 e. The van der Waals surface area contributed by atoms with Crippen LogP contribution in [0.3, 0.4) is 0 Å². The number of nitrogens with one attached hydrogen (secondary N) is 2. The molecule has 6 nitrogen and oxygen atoms in total. The lowest BCUT2D eigenvalue weighted by Gasteiger charge is -2.26. The molecule has 0 spiro atoms. The molecule has 1 aromatic rings. The fourth-order valence-corrected chi connectivity index (χ4v) is 2.50. The molecule has 2 rings (SSSR count). The van der Waals surface area contributed by atoms with Crippen molar-refractivity contribution in [2.75, 3.05) is 11.9 Å². The molecule has 2 heterocycles. The Morgan fingerprint density at radius 3 is 2.70 bits per heavy atom. The van der Waals surface area contributed by atoms with Crippen LogP contribution in [0.5, 0.6) is 0 Å². The van der Waals surface area contributed by atoms with Gasteiger partial charge in [0.15, 0.2) is 0 Å². The zero-order chi connectivity index (χ0) is 14.5. The summed E-state index contributed by atoms with van der Waals surface area (Å²) in [6, 6.07) is -0.154. The number of hydrogen-bond donors (Lipinski definition) is 2. The Labute approximate surface area is 119 Å². The smallest absolute Gasteiger partial charge is 0.249 e. The van der Waals surface area contributed by atoms with Crippen LogP contribution in [-0.4, -0.2) is 33.7 Å². The molecule has 2 atom stereocenters. The van der Waals surface area contributed by atoms with Gasteiger partial charge in [-0.1, -0.05) is 20.8 Å². The molecule has 1 aliphatic rings. The summed E-state index contributed by atoms with van der Waals surface area (Å²) in [6.07, 6.45) is 3.57. The van der Waals surface area contributed by atoms with Gasteiger partial charge in [0.05, 0.1) is 17.4 Å². The first kappa shape index (κ1) is 14.8. The van der Waals surface area contributed by atoms with Gasteiger partial charge in [0.1, 0.15) is 0 Å². The van der Waals surface area contributed by atoms with Gasteiger partial charge >= 0.3 is 0 Å². The van der Waals surface area contributed by atoms with E-state index < -0.39 is 0 Å². The van der Waals surface area contributed by atoms with Crippen molar-refractivity contribution in [3.05, 3.63) is 11.4 Å². The van der Waals surface area contributed by atoms with Gasteiger partial charge in [0.2, 0.25) is 11.9 Å². The van der Waals surface area contributed by atoms with Crippen molar-refractivity contribution in [2.45, 2.75) is 52.5 Å². The summed E-state index contributed by atoms with van der Waals surface area (Å²) >= 11 is 0. The van der Waals surface area contributed by atoms with Crippen LogP contribution in [0.1, 0.15) is 45.0 Å². The number of carbonyl (C=O) groups excluding carboxylic acids is 1. The predicted molar refractivity (Wildman–Crippen MR) is 77.4 cm³/mol. The van der Waals surface area contributed by atoms with E-state index in [-0.39, 0.29) is 11.9 Å². The van der Waals surface area contributed by atoms with Gasteiger partial charge < -0.3 is 5.32 Å². The average molecular weight is 277 g/mol. The lowest BCUT2D eigenvalue weighted by atomic mass is 9.94. The zero-order valence-corrected chi connectivity index (χ0v) is 12.4. The van der Waals surface area contributed by atoms with E-state index in [0.717, 1.165) is 43.6 Å². The zero-order valence-electron chi connectivity index (χ0n) is 12.4. The third-order valence-electron chi connectivity index (χ3n) is 3.73. The largest absolute Gasteiger partial charge is 0.306 e. The molecule has 1 aromatic heterocycles. The number of rotatable bonds is 4. The molecule has 110 valence electrons. The molecule has 1 aliphatic heterocycles. The molecule has 2 N–H and O–H groups in total. The Morgan fingerprint density at radius 2 is 2.05 bits per heavy atom. The molecular weight excluding hydrogens is 254 g/mol. The van der Waals surface area contributed by atoms with E-state index in [0.29, 0.717) is 11.9 Å². The van der Waals surface area contributed by atoms with Crippen LogP contribution < -0.4 is 10.6 Å². The summed E-state index contributed by atoms with van der Waals surface area (Å²) < 4.78 is 0. The van der Waals surface area contributed by atoms with Gasteiger partial charge in [0, 0.05) is 0 Å². The van der Waals surface area contributed by atoms with Gasteiger partial charge in [-0.15, -0.1) is 10.2 Å². The summed E-state index contributed by atoms with van der Waals surface area (Å²) in [5.74, 6) is 0.813. The standard InChI is InChI=1S/C14H23N5O/c1-4-10-11(5-2)18-19-14(16-10)17-13(20)12-8-9(3)6-7-15-12/h9,12,15H,4-8H2,1-3H3,(H,16,17,19,20). The number of hydrogen-bond acceptors (Lipinski definition) is 5. The molecule has 6 heteroatoms.